The minimum Gasteiger partial charge on any atom is -0.496 e. The van der Waals surface area contributed by atoms with E-state index in [1.807, 2.05) is 0 Å². The molecule has 0 radical (unpaired) electrons. The Hall–Kier alpha value is -3.82. The molecule has 2 atom stereocenters. The van der Waals surface area contributed by atoms with Crippen LogP contribution in [0.25, 0.3) is 10.2 Å². The monoisotopic (exact) mass is 618 g/mol. The molecular formula is C28H25F3N4O7S. The molecule has 2 unspecified atom stereocenters. The van der Waals surface area contributed by atoms with Crippen LogP contribution in [-0.4, -0.2) is 79.9 Å². The average Bonchev–Trinajstić information content (AvgIpc) is 3.74. The van der Waals surface area contributed by atoms with E-state index in [-0.39, 0.29) is 60.9 Å². The van der Waals surface area contributed by atoms with Crippen LogP contribution in [0, 0.1) is 0 Å². The summed E-state index contributed by atoms with van der Waals surface area (Å²) in [7, 11) is 1.46. The van der Waals surface area contributed by atoms with Crippen LogP contribution in [0.3, 0.4) is 0 Å². The van der Waals surface area contributed by atoms with Gasteiger partial charge in [-0.15, -0.1) is 0 Å². The fraction of sp³-hybridized carbons (Fsp3) is 0.464. The highest BCUT2D eigenvalue weighted by Crippen LogP contribution is 2.59. The summed E-state index contributed by atoms with van der Waals surface area (Å²) in [5.41, 5.74) is -2.42. The van der Waals surface area contributed by atoms with Crippen LogP contribution in [0.5, 0.6) is 17.2 Å². The first kappa shape index (κ1) is 26.8. The third kappa shape index (κ3) is 3.97. The number of aromatic nitrogens is 1. The van der Waals surface area contributed by atoms with Crippen LogP contribution in [0.4, 0.5) is 24.0 Å². The van der Waals surface area contributed by atoms with Crippen LogP contribution in [-0.2, 0) is 9.47 Å². The second kappa shape index (κ2) is 9.09. The number of alkyl halides is 3. The zero-order valence-corrected chi connectivity index (χ0v) is 23.5. The molecule has 1 aliphatic carbocycles. The van der Waals surface area contributed by atoms with Gasteiger partial charge >= 0.3 is 6.18 Å². The Balaban J connectivity index is 1.11. The van der Waals surface area contributed by atoms with Crippen molar-refractivity contribution in [2.45, 2.75) is 48.7 Å². The predicted octanol–water partition coefficient (Wildman–Crippen LogP) is 3.86. The Bertz CT molecular complexity index is 1670. The highest BCUT2D eigenvalue weighted by atomic mass is 32.1. The molecule has 9 rings (SSSR count). The van der Waals surface area contributed by atoms with Gasteiger partial charge in [-0.3, -0.25) is 9.59 Å². The molecule has 5 aliphatic heterocycles. The van der Waals surface area contributed by atoms with E-state index in [1.54, 1.807) is 12.1 Å². The van der Waals surface area contributed by atoms with E-state index >= 15 is 0 Å². The van der Waals surface area contributed by atoms with E-state index in [9.17, 15) is 22.8 Å². The molecule has 5 fully saturated rings. The van der Waals surface area contributed by atoms with Crippen LogP contribution < -0.4 is 29.7 Å². The van der Waals surface area contributed by atoms with Gasteiger partial charge in [0, 0.05) is 18.9 Å². The Morgan fingerprint density at radius 1 is 1.12 bits per heavy atom. The molecule has 0 spiro atoms. The number of benzene rings is 2. The third-order valence-corrected chi connectivity index (χ3v) is 10.0. The maximum atomic E-state index is 13.9. The molecule has 15 heteroatoms. The fourth-order valence-corrected chi connectivity index (χ4v) is 8.01. The summed E-state index contributed by atoms with van der Waals surface area (Å²) in [6, 6.07) is 6.81. The summed E-state index contributed by atoms with van der Waals surface area (Å²) in [5, 5.41) is 6.32. The topological polar surface area (TPSA) is 120 Å². The van der Waals surface area contributed by atoms with Crippen molar-refractivity contribution in [2.75, 3.05) is 43.9 Å². The van der Waals surface area contributed by atoms with Gasteiger partial charge in [-0.2, -0.15) is 13.2 Å². The number of carbonyl (C=O) groups is 2. The first-order valence-electron chi connectivity index (χ1n) is 13.7. The smallest absolute Gasteiger partial charge is 0.417 e. The van der Waals surface area contributed by atoms with Crippen molar-refractivity contribution in [3.05, 3.63) is 35.4 Å². The van der Waals surface area contributed by atoms with E-state index < -0.39 is 29.1 Å². The van der Waals surface area contributed by atoms with Gasteiger partial charge < -0.3 is 39.2 Å². The lowest BCUT2D eigenvalue weighted by Crippen LogP contribution is -2.64. The zero-order chi connectivity index (χ0) is 29.7. The molecule has 6 aliphatic rings. The van der Waals surface area contributed by atoms with Crippen LogP contribution in [0.1, 0.15) is 40.0 Å². The predicted molar refractivity (Wildman–Crippen MR) is 146 cm³/mol. The first-order chi connectivity index (χ1) is 20.6. The number of anilines is 2. The van der Waals surface area contributed by atoms with Crippen molar-refractivity contribution in [3.8, 4) is 17.2 Å². The summed E-state index contributed by atoms with van der Waals surface area (Å²) in [5.74, 6) is -0.325. The van der Waals surface area contributed by atoms with E-state index in [2.05, 4.69) is 15.5 Å². The van der Waals surface area contributed by atoms with Crippen molar-refractivity contribution in [2.24, 2.45) is 0 Å². The second-order valence-electron chi connectivity index (χ2n) is 11.5. The molecule has 2 amide bonds. The maximum Gasteiger partial charge on any atom is 0.417 e. The number of amides is 2. The van der Waals surface area contributed by atoms with Gasteiger partial charge in [0.15, 0.2) is 22.2 Å². The van der Waals surface area contributed by atoms with Crippen molar-refractivity contribution in [1.29, 1.82) is 0 Å². The minimum atomic E-state index is -4.53. The van der Waals surface area contributed by atoms with Crippen molar-refractivity contribution in [1.82, 2.24) is 10.3 Å². The zero-order valence-electron chi connectivity index (χ0n) is 22.7. The first-order valence-corrected chi connectivity index (χ1v) is 14.5. The highest BCUT2D eigenvalue weighted by Gasteiger charge is 2.74. The molecule has 226 valence electrons. The van der Waals surface area contributed by atoms with Crippen LogP contribution in [0.15, 0.2) is 24.3 Å². The number of thiazole rings is 1. The lowest BCUT2D eigenvalue weighted by molar-refractivity contribution is -0.273. The van der Waals surface area contributed by atoms with Crippen molar-refractivity contribution < 1.29 is 46.4 Å². The van der Waals surface area contributed by atoms with Gasteiger partial charge in [0.05, 0.1) is 66.0 Å². The molecule has 6 heterocycles. The number of fused-ring (bicyclic) bond motifs is 5. The number of carbonyl (C=O) groups excluding carboxylic acids is 2. The average molecular weight is 619 g/mol. The summed E-state index contributed by atoms with van der Waals surface area (Å²) < 4.78 is 68.2. The number of rotatable bonds is 6. The molecule has 3 aromatic rings. The van der Waals surface area contributed by atoms with E-state index in [0.29, 0.717) is 34.9 Å². The normalized spacial score (nSPS) is 28.3. The minimum absolute atomic E-state index is 0.00734. The Kier molecular flexibility index (Phi) is 5.66. The summed E-state index contributed by atoms with van der Waals surface area (Å²) >= 11 is 1.38. The fourth-order valence-electron chi connectivity index (χ4n) is 6.76. The molecule has 43 heavy (non-hydrogen) atoms. The number of morpholine rings is 1. The third-order valence-electron chi connectivity index (χ3n) is 8.90. The summed E-state index contributed by atoms with van der Waals surface area (Å²) in [6.45, 7) is 0.910. The number of hydrogen-bond acceptors (Lipinski definition) is 10. The number of nitrogens with one attached hydrogen (secondary N) is 2. The largest absolute Gasteiger partial charge is 0.496 e. The molecule has 4 bridgehead atoms. The molecular weight excluding hydrogens is 593 g/mol. The van der Waals surface area contributed by atoms with Gasteiger partial charge in [-0.1, -0.05) is 11.3 Å². The Labute approximate surface area is 246 Å². The van der Waals surface area contributed by atoms with Crippen LogP contribution >= 0.6 is 11.3 Å². The Morgan fingerprint density at radius 2 is 1.86 bits per heavy atom. The molecule has 1 aromatic heterocycles. The molecule has 4 saturated heterocycles. The number of halogens is 3. The SMILES string of the molecule is COc1ccc2nc(N3C4COCC3C4)sc2c1C(=O)Nc1cc2c(cc1C(=O)NC13COC(C(F)(F)F)(C1)C3)OCO2. The number of methoxy groups -OCH3 is 1. The summed E-state index contributed by atoms with van der Waals surface area (Å²) in [4.78, 5) is 34.5. The maximum absolute atomic E-state index is 13.9. The summed E-state index contributed by atoms with van der Waals surface area (Å²) in [6.07, 6.45) is -4.25. The lowest BCUT2D eigenvalue weighted by atomic mass is 9.68. The molecule has 11 nitrogen and oxygen atoms in total. The van der Waals surface area contributed by atoms with Gasteiger partial charge in [0.2, 0.25) is 6.79 Å². The number of hydrogen-bond donors (Lipinski definition) is 2. The van der Waals surface area contributed by atoms with Gasteiger partial charge in [-0.25, -0.2) is 4.98 Å². The standard InChI is InChI=1S/C28H25F3N4O7S/c1-38-18-3-2-16-22(43-25(33-16)35-13-4-14(35)8-39-7-13)21(18)24(37)32-17-6-20-19(40-12-41-20)5-15(17)23(36)34-26-9-27(10-26,42-11-26)28(29,30)31/h2-3,5-6,13-14H,4,7-12H2,1H3,(H,32,37)(H,34,36). The quantitative estimate of drug-likeness (QED) is 0.425. The molecule has 2 N–H and O–H groups in total. The van der Waals surface area contributed by atoms with Crippen LogP contribution in [0.2, 0.25) is 0 Å². The van der Waals surface area contributed by atoms with Gasteiger partial charge in [0.25, 0.3) is 11.8 Å². The van der Waals surface area contributed by atoms with Crippen molar-refractivity contribution >= 4 is 44.2 Å². The molecule has 1 saturated carbocycles. The van der Waals surface area contributed by atoms with E-state index in [1.165, 1.54) is 30.6 Å². The highest BCUT2D eigenvalue weighted by molar-refractivity contribution is 7.22. The molecule has 2 aromatic carbocycles. The number of ether oxygens (including phenoxy) is 5. The lowest BCUT2D eigenvalue weighted by Gasteiger charge is -2.52. The second-order valence-corrected chi connectivity index (χ2v) is 12.5. The number of nitrogens with zero attached hydrogens (tertiary/aromatic N) is 2. The van der Waals surface area contributed by atoms with Crippen molar-refractivity contribution in [3.63, 3.8) is 0 Å². The van der Waals surface area contributed by atoms with Gasteiger partial charge in [-0.05, 0) is 24.6 Å². The van der Waals surface area contributed by atoms with E-state index in [4.69, 9.17) is 28.7 Å². The van der Waals surface area contributed by atoms with Gasteiger partial charge in [0.1, 0.15) is 11.3 Å². The van der Waals surface area contributed by atoms with E-state index in [0.717, 1.165) is 11.6 Å². The Morgan fingerprint density at radius 3 is 2.53 bits per heavy atom.